The topological polar surface area (TPSA) is 32.6 Å². The van der Waals surface area contributed by atoms with E-state index >= 15 is 0 Å². The van der Waals surface area contributed by atoms with Gasteiger partial charge in [0.05, 0.1) is 5.25 Å². The standard InChI is InChI=1S/C8H13NOS/c1-6-7(10)4-5-9-8(2,3)11-6/h4-6,10H,1-3H3. The summed E-state index contributed by atoms with van der Waals surface area (Å²) in [5.41, 5.74) is 0. The molecule has 0 aliphatic carbocycles. The van der Waals surface area contributed by atoms with Crippen molar-refractivity contribution in [2.75, 3.05) is 0 Å². The molecule has 1 atom stereocenters. The number of hydrogen-bond donors (Lipinski definition) is 1. The smallest absolute Gasteiger partial charge is 0.107 e. The van der Waals surface area contributed by atoms with E-state index in [-0.39, 0.29) is 10.1 Å². The molecule has 1 aliphatic heterocycles. The Balaban J connectivity index is 2.79. The van der Waals surface area contributed by atoms with Crippen LogP contribution in [0.1, 0.15) is 20.8 Å². The molecule has 1 heterocycles. The maximum atomic E-state index is 9.34. The van der Waals surface area contributed by atoms with Crippen LogP contribution in [-0.4, -0.2) is 21.4 Å². The van der Waals surface area contributed by atoms with Gasteiger partial charge in [-0.05, 0) is 26.8 Å². The lowest BCUT2D eigenvalue weighted by atomic mass is 10.3. The van der Waals surface area contributed by atoms with Crippen molar-refractivity contribution in [3.05, 3.63) is 11.8 Å². The summed E-state index contributed by atoms with van der Waals surface area (Å²) in [5.74, 6) is 0.407. The number of nitrogens with zero attached hydrogens (tertiary/aromatic N) is 1. The highest BCUT2D eigenvalue weighted by molar-refractivity contribution is 8.01. The molecule has 0 saturated carbocycles. The number of aliphatic hydroxyl groups excluding tert-OH is 1. The van der Waals surface area contributed by atoms with Gasteiger partial charge < -0.3 is 5.11 Å². The quantitative estimate of drug-likeness (QED) is 0.607. The second kappa shape index (κ2) is 2.89. The zero-order valence-corrected chi connectivity index (χ0v) is 7.85. The molecule has 0 aromatic carbocycles. The largest absolute Gasteiger partial charge is 0.511 e. The summed E-state index contributed by atoms with van der Waals surface area (Å²) in [6, 6.07) is 0. The van der Waals surface area contributed by atoms with Crippen LogP contribution in [0.15, 0.2) is 16.8 Å². The second-order valence-electron chi connectivity index (χ2n) is 3.08. The number of aliphatic imine (C=N–C) groups is 1. The van der Waals surface area contributed by atoms with Crippen LogP contribution < -0.4 is 0 Å². The lowest BCUT2D eigenvalue weighted by molar-refractivity contribution is 0.399. The summed E-state index contributed by atoms with van der Waals surface area (Å²) >= 11 is 1.66. The first-order valence-corrected chi connectivity index (χ1v) is 4.51. The Morgan fingerprint density at radius 3 is 2.91 bits per heavy atom. The molecule has 11 heavy (non-hydrogen) atoms. The van der Waals surface area contributed by atoms with Gasteiger partial charge in [-0.1, -0.05) is 0 Å². The summed E-state index contributed by atoms with van der Waals surface area (Å²) in [6.07, 6.45) is 3.33. The van der Waals surface area contributed by atoms with Gasteiger partial charge in [-0.25, -0.2) is 0 Å². The lowest BCUT2D eigenvalue weighted by Gasteiger charge is -2.20. The Bertz CT molecular complexity index is 208. The molecule has 0 spiro atoms. The molecule has 0 radical (unpaired) electrons. The number of rotatable bonds is 0. The van der Waals surface area contributed by atoms with Gasteiger partial charge in [0.15, 0.2) is 0 Å². The minimum Gasteiger partial charge on any atom is -0.511 e. The summed E-state index contributed by atoms with van der Waals surface area (Å²) in [5, 5.41) is 9.48. The highest BCUT2D eigenvalue weighted by Crippen LogP contribution is 2.33. The predicted molar refractivity (Wildman–Crippen MR) is 50.3 cm³/mol. The fourth-order valence-electron chi connectivity index (χ4n) is 0.952. The van der Waals surface area contributed by atoms with E-state index in [1.54, 1.807) is 24.1 Å². The van der Waals surface area contributed by atoms with Crippen LogP contribution in [-0.2, 0) is 0 Å². The summed E-state index contributed by atoms with van der Waals surface area (Å²) in [7, 11) is 0. The number of thioether (sulfide) groups is 1. The minimum absolute atomic E-state index is 0.111. The highest BCUT2D eigenvalue weighted by Gasteiger charge is 2.23. The van der Waals surface area contributed by atoms with E-state index in [0.29, 0.717) is 5.76 Å². The molecule has 1 N–H and O–H groups in total. The highest BCUT2D eigenvalue weighted by atomic mass is 32.2. The fraction of sp³-hybridized carbons (Fsp3) is 0.625. The van der Waals surface area contributed by atoms with Crippen molar-refractivity contribution in [1.82, 2.24) is 0 Å². The predicted octanol–water partition coefficient (Wildman–Crippen LogP) is 2.37. The molecular formula is C8H13NOS. The first-order valence-electron chi connectivity index (χ1n) is 3.63. The van der Waals surface area contributed by atoms with Crippen LogP contribution in [0.5, 0.6) is 0 Å². The average Bonchev–Trinajstić information content (AvgIpc) is 1.93. The van der Waals surface area contributed by atoms with Crippen LogP contribution >= 0.6 is 11.8 Å². The van der Waals surface area contributed by atoms with Gasteiger partial charge >= 0.3 is 0 Å². The maximum absolute atomic E-state index is 9.34. The van der Waals surface area contributed by atoms with E-state index in [1.165, 1.54) is 0 Å². The second-order valence-corrected chi connectivity index (χ2v) is 5.02. The Morgan fingerprint density at radius 2 is 2.27 bits per heavy atom. The van der Waals surface area contributed by atoms with Crippen LogP contribution in [0.25, 0.3) is 0 Å². The van der Waals surface area contributed by atoms with E-state index in [2.05, 4.69) is 4.99 Å². The molecule has 0 bridgehead atoms. The molecule has 0 amide bonds. The Labute approximate surface area is 71.4 Å². The number of hydrogen-bond acceptors (Lipinski definition) is 3. The van der Waals surface area contributed by atoms with E-state index in [0.717, 1.165) is 0 Å². The third-order valence-electron chi connectivity index (χ3n) is 1.51. The lowest BCUT2D eigenvalue weighted by Crippen LogP contribution is -2.14. The molecule has 0 aromatic rings. The Hall–Kier alpha value is -0.440. The van der Waals surface area contributed by atoms with Crippen molar-refractivity contribution in [2.24, 2.45) is 4.99 Å². The first-order chi connectivity index (χ1) is 5.01. The minimum atomic E-state index is -0.111. The van der Waals surface area contributed by atoms with Gasteiger partial charge in [-0.3, -0.25) is 4.99 Å². The molecule has 0 aromatic heterocycles. The first kappa shape index (κ1) is 8.65. The summed E-state index contributed by atoms with van der Waals surface area (Å²) in [4.78, 5) is 4.15. The molecule has 1 unspecified atom stereocenters. The van der Waals surface area contributed by atoms with E-state index in [1.807, 2.05) is 20.8 Å². The molecule has 1 aliphatic rings. The van der Waals surface area contributed by atoms with E-state index < -0.39 is 0 Å². The maximum Gasteiger partial charge on any atom is 0.107 e. The zero-order valence-electron chi connectivity index (χ0n) is 7.03. The fourth-order valence-corrected chi connectivity index (χ4v) is 2.14. The van der Waals surface area contributed by atoms with Crippen molar-refractivity contribution in [2.45, 2.75) is 30.9 Å². The van der Waals surface area contributed by atoms with Crippen LogP contribution in [0.4, 0.5) is 0 Å². The molecule has 2 nitrogen and oxygen atoms in total. The third-order valence-corrected chi connectivity index (χ3v) is 2.79. The normalized spacial score (nSPS) is 29.4. The third kappa shape index (κ3) is 2.26. The van der Waals surface area contributed by atoms with Crippen molar-refractivity contribution >= 4 is 18.0 Å². The van der Waals surface area contributed by atoms with Crippen molar-refractivity contribution in [1.29, 1.82) is 0 Å². The monoisotopic (exact) mass is 171 g/mol. The van der Waals surface area contributed by atoms with Gasteiger partial charge in [0.2, 0.25) is 0 Å². The van der Waals surface area contributed by atoms with Crippen LogP contribution in [0.3, 0.4) is 0 Å². The van der Waals surface area contributed by atoms with E-state index in [9.17, 15) is 5.11 Å². The van der Waals surface area contributed by atoms with Gasteiger partial charge in [-0.2, -0.15) is 0 Å². The molecule has 1 rings (SSSR count). The van der Waals surface area contributed by atoms with Crippen molar-refractivity contribution in [3.63, 3.8) is 0 Å². The molecular weight excluding hydrogens is 158 g/mol. The van der Waals surface area contributed by atoms with Crippen LogP contribution in [0, 0.1) is 0 Å². The Morgan fingerprint density at radius 1 is 1.64 bits per heavy atom. The SMILES string of the molecule is CC1SC(C)(C)N=CC=C1O. The molecule has 62 valence electrons. The molecule has 3 heteroatoms. The zero-order chi connectivity index (χ0) is 8.48. The Kier molecular flexibility index (Phi) is 2.28. The molecule has 0 fully saturated rings. The number of aliphatic hydroxyl groups is 1. The van der Waals surface area contributed by atoms with E-state index in [4.69, 9.17) is 0 Å². The van der Waals surface area contributed by atoms with Crippen molar-refractivity contribution in [3.8, 4) is 0 Å². The van der Waals surface area contributed by atoms with Crippen LogP contribution in [0.2, 0.25) is 0 Å². The summed E-state index contributed by atoms with van der Waals surface area (Å²) in [6.45, 7) is 6.06. The van der Waals surface area contributed by atoms with Gasteiger partial charge in [-0.15, -0.1) is 11.8 Å². The number of allylic oxidation sites excluding steroid dienone is 1. The molecule has 0 saturated heterocycles. The van der Waals surface area contributed by atoms with Crippen molar-refractivity contribution < 1.29 is 5.11 Å². The van der Waals surface area contributed by atoms with Gasteiger partial charge in [0.25, 0.3) is 0 Å². The average molecular weight is 171 g/mol. The van der Waals surface area contributed by atoms with Gasteiger partial charge in [0, 0.05) is 6.21 Å². The summed E-state index contributed by atoms with van der Waals surface area (Å²) < 4.78 is 0. The van der Waals surface area contributed by atoms with Gasteiger partial charge in [0.1, 0.15) is 10.6 Å².